The van der Waals surface area contributed by atoms with E-state index < -0.39 is 5.60 Å². The van der Waals surface area contributed by atoms with Crippen molar-refractivity contribution in [2.45, 2.75) is 57.1 Å². The molecular formula is C34H49N7O4S. The van der Waals surface area contributed by atoms with Crippen LogP contribution in [-0.4, -0.2) is 117 Å². The van der Waals surface area contributed by atoms with Gasteiger partial charge < -0.3 is 34.8 Å². The van der Waals surface area contributed by atoms with Crippen molar-refractivity contribution >= 4 is 45.7 Å². The zero-order valence-electron chi connectivity index (χ0n) is 27.5. The van der Waals surface area contributed by atoms with Gasteiger partial charge in [0.25, 0.3) is 0 Å². The van der Waals surface area contributed by atoms with Gasteiger partial charge in [0, 0.05) is 90.7 Å². The number of methoxy groups -OCH3 is 1. The summed E-state index contributed by atoms with van der Waals surface area (Å²) in [4.78, 5) is 41.8. The number of rotatable bonds is 10. The van der Waals surface area contributed by atoms with Crippen molar-refractivity contribution in [1.82, 2.24) is 20.1 Å². The summed E-state index contributed by atoms with van der Waals surface area (Å²) in [6.07, 6.45) is 8.57. The highest BCUT2D eigenvalue weighted by Crippen LogP contribution is 2.43. The standard InChI is InChI=1S/C34H49N7O4S/c1-34(44)11-18-41(19-12-34)33-36-26(24-46-33)27(23-29(42)35-13-20-39-15-5-8-30(39)43)38-16-6-17-40(22-21-38)32-28(45-3)10-9-25-7-4-14-37(2)31(25)32/h4,7,9-10,24,27,44H,5-6,8,11-23H2,1-3H3,(H,35,42). The number of piperidine rings is 1. The average molecular weight is 652 g/mol. The Labute approximate surface area is 276 Å². The van der Waals surface area contributed by atoms with Gasteiger partial charge in [-0.3, -0.25) is 14.5 Å². The molecule has 2 N–H and O–H groups in total. The number of likely N-dealkylation sites (N-methyl/N-ethyl adjacent to an activating group) is 1. The van der Waals surface area contributed by atoms with E-state index in [0.29, 0.717) is 38.8 Å². The summed E-state index contributed by atoms with van der Waals surface area (Å²) in [6, 6.07) is 4.04. The minimum absolute atomic E-state index is 0.0199. The monoisotopic (exact) mass is 651 g/mol. The van der Waals surface area contributed by atoms with Crippen molar-refractivity contribution < 1.29 is 19.4 Å². The number of benzene rings is 1. The number of aromatic nitrogens is 1. The summed E-state index contributed by atoms with van der Waals surface area (Å²) in [5.41, 5.74) is 3.84. The number of thiazole rings is 1. The summed E-state index contributed by atoms with van der Waals surface area (Å²) < 4.78 is 5.89. The Bertz CT molecular complexity index is 1420. The topological polar surface area (TPSA) is 105 Å². The molecule has 6 rings (SSSR count). The Morgan fingerprint density at radius 3 is 2.67 bits per heavy atom. The molecule has 4 aliphatic heterocycles. The van der Waals surface area contributed by atoms with E-state index in [9.17, 15) is 14.7 Å². The lowest BCUT2D eigenvalue weighted by Gasteiger charge is -2.35. The molecule has 5 heterocycles. The highest BCUT2D eigenvalue weighted by molar-refractivity contribution is 7.13. The molecule has 3 fully saturated rings. The van der Waals surface area contributed by atoms with Crippen LogP contribution in [0, 0.1) is 0 Å². The molecule has 0 bridgehead atoms. The van der Waals surface area contributed by atoms with Gasteiger partial charge in [0.2, 0.25) is 11.8 Å². The third kappa shape index (κ3) is 7.29. The molecule has 0 aliphatic carbocycles. The normalized spacial score (nSPS) is 20.9. The fourth-order valence-corrected chi connectivity index (χ4v) is 8.10. The first-order chi connectivity index (χ1) is 22.2. The number of nitrogens with one attached hydrogen (secondary N) is 1. The van der Waals surface area contributed by atoms with Crippen LogP contribution in [0.15, 0.2) is 23.6 Å². The van der Waals surface area contributed by atoms with Crippen molar-refractivity contribution in [3.63, 3.8) is 0 Å². The second-order valence-electron chi connectivity index (χ2n) is 13.3. The number of fused-ring (bicyclic) bond motifs is 1. The second-order valence-corrected chi connectivity index (χ2v) is 14.1. The molecule has 1 unspecified atom stereocenters. The lowest BCUT2D eigenvalue weighted by molar-refractivity contribution is -0.128. The quantitative estimate of drug-likeness (QED) is 0.400. The second kappa shape index (κ2) is 14.2. The SMILES string of the molecule is COc1ccc2c(c1N1CCCN(C(CC(=O)NCCN3CCCC3=O)c3csc(N4CCC(C)(O)CC4)n3)CC1)N(C)CC=C2. The predicted molar refractivity (Wildman–Crippen MR) is 184 cm³/mol. The summed E-state index contributed by atoms with van der Waals surface area (Å²) in [5, 5.41) is 16.6. The van der Waals surface area contributed by atoms with Crippen molar-refractivity contribution in [2.75, 3.05) is 94.3 Å². The van der Waals surface area contributed by atoms with Crippen LogP contribution >= 0.6 is 11.3 Å². The van der Waals surface area contributed by atoms with Gasteiger partial charge in [-0.2, -0.15) is 0 Å². The zero-order chi connectivity index (χ0) is 32.3. The molecule has 11 nitrogen and oxygen atoms in total. The van der Waals surface area contributed by atoms with Gasteiger partial charge in [-0.05, 0) is 50.3 Å². The lowest BCUT2D eigenvalue weighted by atomic mass is 9.94. The molecule has 12 heteroatoms. The summed E-state index contributed by atoms with van der Waals surface area (Å²) in [6.45, 7) is 9.42. The minimum Gasteiger partial charge on any atom is -0.495 e. The van der Waals surface area contributed by atoms with Gasteiger partial charge in [-0.25, -0.2) is 4.98 Å². The van der Waals surface area contributed by atoms with Crippen LogP contribution in [0.4, 0.5) is 16.5 Å². The van der Waals surface area contributed by atoms with E-state index in [1.165, 1.54) is 11.3 Å². The number of aliphatic hydroxyl groups is 1. The van der Waals surface area contributed by atoms with Crippen LogP contribution in [0.25, 0.3) is 6.08 Å². The average Bonchev–Trinajstić information content (AvgIpc) is 3.62. The largest absolute Gasteiger partial charge is 0.495 e. The first-order valence-corrected chi connectivity index (χ1v) is 17.7. The van der Waals surface area contributed by atoms with Crippen molar-refractivity contribution in [2.24, 2.45) is 0 Å². The molecule has 2 amide bonds. The highest BCUT2D eigenvalue weighted by atomic mass is 32.1. The van der Waals surface area contributed by atoms with Crippen molar-refractivity contribution in [3.8, 4) is 5.75 Å². The fourth-order valence-electron chi connectivity index (χ4n) is 7.18. The number of likely N-dealkylation sites (tertiary alicyclic amines) is 1. The lowest BCUT2D eigenvalue weighted by Crippen LogP contribution is -2.42. The van der Waals surface area contributed by atoms with Gasteiger partial charge in [0.15, 0.2) is 5.13 Å². The van der Waals surface area contributed by atoms with Crippen LogP contribution in [0.3, 0.4) is 0 Å². The van der Waals surface area contributed by atoms with Gasteiger partial charge in [-0.15, -0.1) is 11.3 Å². The van der Waals surface area contributed by atoms with E-state index in [1.54, 1.807) is 18.4 Å². The van der Waals surface area contributed by atoms with Gasteiger partial charge >= 0.3 is 0 Å². The van der Waals surface area contributed by atoms with Crippen LogP contribution in [-0.2, 0) is 9.59 Å². The van der Waals surface area contributed by atoms with Crippen LogP contribution in [0.2, 0.25) is 0 Å². The Morgan fingerprint density at radius 1 is 1.09 bits per heavy atom. The van der Waals surface area contributed by atoms with Crippen molar-refractivity contribution in [1.29, 1.82) is 0 Å². The van der Waals surface area contributed by atoms with Gasteiger partial charge in [-0.1, -0.05) is 12.2 Å². The number of anilines is 3. The third-order valence-corrected chi connectivity index (χ3v) is 10.8. The molecule has 46 heavy (non-hydrogen) atoms. The highest BCUT2D eigenvalue weighted by Gasteiger charge is 2.32. The molecule has 0 saturated carbocycles. The molecule has 0 radical (unpaired) electrons. The molecular weight excluding hydrogens is 602 g/mol. The molecule has 1 aromatic carbocycles. The molecule has 250 valence electrons. The van der Waals surface area contributed by atoms with E-state index in [4.69, 9.17) is 9.72 Å². The molecule has 4 aliphatic rings. The van der Waals surface area contributed by atoms with E-state index in [2.05, 4.69) is 61.6 Å². The number of carbonyl (C=O) groups is 2. The number of hydrogen-bond acceptors (Lipinski definition) is 10. The maximum absolute atomic E-state index is 13.4. The van der Waals surface area contributed by atoms with E-state index in [0.717, 1.165) is 87.5 Å². The predicted octanol–water partition coefficient (Wildman–Crippen LogP) is 3.35. The third-order valence-electron chi connectivity index (χ3n) is 9.93. The number of amides is 2. The van der Waals surface area contributed by atoms with Gasteiger partial charge in [0.05, 0.1) is 30.1 Å². The summed E-state index contributed by atoms with van der Waals surface area (Å²) in [5.74, 6) is 1.04. The van der Waals surface area contributed by atoms with Crippen LogP contribution in [0.5, 0.6) is 5.75 Å². The number of hydrogen-bond donors (Lipinski definition) is 2. The molecule has 1 aromatic heterocycles. The Hall–Kier alpha value is -3.35. The van der Waals surface area contributed by atoms with E-state index >= 15 is 0 Å². The maximum atomic E-state index is 13.4. The Kier molecular flexibility index (Phi) is 10.0. The molecule has 1 atom stereocenters. The minimum atomic E-state index is -0.624. The number of ether oxygens (including phenoxy) is 1. The smallest absolute Gasteiger partial charge is 0.222 e. The van der Waals surface area contributed by atoms with E-state index in [1.807, 2.05) is 11.8 Å². The Balaban J connectivity index is 1.19. The zero-order valence-corrected chi connectivity index (χ0v) is 28.4. The fraction of sp³-hybridized carbons (Fsp3) is 0.618. The Morgan fingerprint density at radius 2 is 1.91 bits per heavy atom. The van der Waals surface area contributed by atoms with Gasteiger partial charge in [0.1, 0.15) is 11.4 Å². The summed E-state index contributed by atoms with van der Waals surface area (Å²) in [7, 11) is 3.87. The first kappa shape index (κ1) is 32.6. The number of nitrogens with zero attached hydrogens (tertiary/aromatic N) is 6. The number of carbonyl (C=O) groups excluding carboxylic acids is 2. The molecule has 2 aromatic rings. The van der Waals surface area contributed by atoms with Crippen LogP contribution in [0.1, 0.15) is 62.7 Å². The van der Waals surface area contributed by atoms with Crippen LogP contribution < -0.4 is 24.8 Å². The van der Waals surface area contributed by atoms with E-state index in [-0.39, 0.29) is 17.9 Å². The maximum Gasteiger partial charge on any atom is 0.222 e. The molecule has 0 spiro atoms. The first-order valence-electron chi connectivity index (χ1n) is 16.8. The molecule has 3 saturated heterocycles. The summed E-state index contributed by atoms with van der Waals surface area (Å²) >= 11 is 1.63. The van der Waals surface area contributed by atoms with Crippen molar-refractivity contribution in [3.05, 3.63) is 34.8 Å².